The summed E-state index contributed by atoms with van der Waals surface area (Å²) in [7, 11) is 0. The number of nitrogens with zero attached hydrogens (tertiary/aromatic N) is 2. The quantitative estimate of drug-likeness (QED) is 0.323. The normalized spacial score (nSPS) is 6.00. The van der Waals surface area contributed by atoms with Crippen molar-refractivity contribution < 1.29 is 0 Å². The molecule has 0 spiro atoms. The van der Waals surface area contributed by atoms with Crippen molar-refractivity contribution in [3.8, 4) is 12.1 Å². The van der Waals surface area contributed by atoms with Crippen molar-refractivity contribution in [3.05, 3.63) is 12.2 Å². The van der Waals surface area contributed by atoms with Crippen LogP contribution in [0.3, 0.4) is 0 Å². The van der Waals surface area contributed by atoms with Crippen molar-refractivity contribution in [2.45, 2.75) is 0 Å². The Hall–Kier alpha value is -0.280. The first-order chi connectivity index (χ1) is 2.91. The molecule has 0 bridgehead atoms. The second-order valence-corrected chi connectivity index (χ2v) is 0.592. The molecular weight excluding hydrogens is 99.0 g/mol. The molecule has 0 rings (SSSR count). The summed E-state index contributed by atoms with van der Waals surface area (Å²) < 4.78 is 0. The SMILES string of the molecule is N#CC=CC#N.[Na]. The van der Waals surface area contributed by atoms with E-state index in [1.54, 1.807) is 12.1 Å². The van der Waals surface area contributed by atoms with Gasteiger partial charge in [0.25, 0.3) is 0 Å². The molecule has 0 heterocycles. The third-order valence-corrected chi connectivity index (χ3v) is 0.232. The van der Waals surface area contributed by atoms with Crippen LogP contribution in [-0.4, -0.2) is 29.6 Å². The van der Waals surface area contributed by atoms with Gasteiger partial charge in [0.05, 0.1) is 12.1 Å². The number of hydrogen-bond donors (Lipinski definition) is 0. The molecule has 0 amide bonds. The Kier molecular flexibility index (Phi) is 13.0. The van der Waals surface area contributed by atoms with E-state index in [2.05, 4.69) is 0 Å². The molecule has 29 valence electrons. The average molecular weight is 101 g/mol. The van der Waals surface area contributed by atoms with Crippen LogP contribution < -0.4 is 0 Å². The molecule has 0 saturated carbocycles. The zero-order valence-corrected chi connectivity index (χ0v) is 6.05. The van der Waals surface area contributed by atoms with Crippen LogP contribution in [0, 0.1) is 22.7 Å². The molecule has 1 radical (unpaired) electrons. The Labute approximate surface area is 64.3 Å². The van der Waals surface area contributed by atoms with Crippen molar-refractivity contribution in [1.29, 1.82) is 10.5 Å². The maximum absolute atomic E-state index is 7.71. The Morgan fingerprint density at radius 3 is 1.43 bits per heavy atom. The zero-order chi connectivity index (χ0) is 4.83. The van der Waals surface area contributed by atoms with Crippen LogP contribution in [-0.2, 0) is 0 Å². The molecule has 0 atom stereocenters. The summed E-state index contributed by atoms with van der Waals surface area (Å²) in [6, 6.07) is 3.33. The summed E-state index contributed by atoms with van der Waals surface area (Å²) in [5.74, 6) is 0. The first-order valence-corrected chi connectivity index (χ1v) is 1.36. The Balaban J connectivity index is 0. The fourth-order valence-electron chi connectivity index (χ4n) is 0.0745. The van der Waals surface area contributed by atoms with E-state index in [-0.39, 0.29) is 29.6 Å². The second kappa shape index (κ2) is 9.21. The van der Waals surface area contributed by atoms with E-state index in [0.717, 1.165) is 12.2 Å². The second-order valence-electron chi connectivity index (χ2n) is 0.592. The average Bonchev–Trinajstić information content (AvgIpc) is 1.61. The molecule has 0 saturated heterocycles. The molecule has 0 aliphatic carbocycles. The van der Waals surface area contributed by atoms with Gasteiger partial charge in [-0.05, 0) is 0 Å². The Bertz CT molecular complexity index is 110. The number of nitriles is 2. The minimum Gasteiger partial charge on any atom is -0.193 e. The van der Waals surface area contributed by atoms with Crippen LogP contribution in [0.5, 0.6) is 0 Å². The summed E-state index contributed by atoms with van der Waals surface area (Å²) in [4.78, 5) is 0. The summed E-state index contributed by atoms with van der Waals surface area (Å²) in [5.41, 5.74) is 0. The first kappa shape index (κ1) is 9.87. The van der Waals surface area contributed by atoms with E-state index in [1.807, 2.05) is 0 Å². The Morgan fingerprint density at radius 2 is 1.29 bits per heavy atom. The third-order valence-electron chi connectivity index (χ3n) is 0.232. The summed E-state index contributed by atoms with van der Waals surface area (Å²) in [6.07, 6.45) is 2.25. The minimum absolute atomic E-state index is 0. The van der Waals surface area contributed by atoms with Crippen molar-refractivity contribution in [3.63, 3.8) is 0 Å². The molecule has 0 aromatic rings. The van der Waals surface area contributed by atoms with E-state index in [9.17, 15) is 0 Å². The molecule has 0 unspecified atom stereocenters. The molecular formula is C4H2N2Na. The summed E-state index contributed by atoms with van der Waals surface area (Å²) in [6.45, 7) is 0. The summed E-state index contributed by atoms with van der Waals surface area (Å²) >= 11 is 0. The fraction of sp³-hybridized carbons (Fsp3) is 0. The molecule has 0 aliphatic rings. The predicted molar refractivity (Wildman–Crippen MR) is 26.1 cm³/mol. The molecule has 0 N–H and O–H groups in total. The molecule has 0 fully saturated rings. The maximum Gasteiger partial charge on any atom is 0.0919 e. The van der Waals surface area contributed by atoms with Gasteiger partial charge in [-0.2, -0.15) is 10.5 Å². The summed E-state index contributed by atoms with van der Waals surface area (Å²) in [5, 5.41) is 15.4. The van der Waals surface area contributed by atoms with Gasteiger partial charge in [0.1, 0.15) is 0 Å². The molecule has 0 aromatic heterocycles. The first-order valence-electron chi connectivity index (χ1n) is 1.36. The van der Waals surface area contributed by atoms with E-state index in [1.165, 1.54) is 0 Å². The van der Waals surface area contributed by atoms with E-state index < -0.39 is 0 Å². The van der Waals surface area contributed by atoms with Gasteiger partial charge in [-0.1, -0.05) is 0 Å². The van der Waals surface area contributed by atoms with Gasteiger partial charge < -0.3 is 0 Å². The van der Waals surface area contributed by atoms with Gasteiger partial charge in [0.15, 0.2) is 0 Å². The van der Waals surface area contributed by atoms with E-state index in [4.69, 9.17) is 10.5 Å². The van der Waals surface area contributed by atoms with Crippen molar-refractivity contribution in [2.24, 2.45) is 0 Å². The molecule has 0 aliphatic heterocycles. The molecule has 0 aromatic carbocycles. The number of rotatable bonds is 0. The topological polar surface area (TPSA) is 47.6 Å². The predicted octanol–water partition coefficient (Wildman–Crippen LogP) is 0.209. The van der Waals surface area contributed by atoms with Crippen LogP contribution in [0.2, 0.25) is 0 Å². The van der Waals surface area contributed by atoms with Crippen LogP contribution in [0.1, 0.15) is 0 Å². The van der Waals surface area contributed by atoms with Gasteiger partial charge in [0, 0.05) is 41.7 Å². The van der Waals surface area contributed by atoms with E-state index in [0.29, 0.717) is 0 Å². The fourth-order valence-corrected chi connectivity index (χ4v) is 0.0745. The Morgan fingerprint density at radius 1 is 1.00 bits per heavy atom. The van der Waals surface area contributed by atoms with Gasteiger partial charge in [-0.25, -0.2) is 0 Å². The van der Waals surface area contributed by atoms with Gasteiger partial charge in [-0.3, -0.25) is 0 Å². The van der Waals surface area contributed by atoms with Crippen LogP contribution in [0.4, 0.5) is 0 Å². The molecule has 3 heteroatoms. The molecule has 2 nitrogen and oxygen atoms in total. The van der Waals surface area contributed by atoms with E-state index >= 15 is 0 Å². The maximum atomic E-state index is 7.71. The van der Waals surface area contributed by atoms with Crippen LogP contribution >= 0.6 is 0 Å². The van der Waals surface area contributed by atoms with Gasteiger partial charge in [-0.15, -0.1) is 0 Å². The zero-order valence-electron chi connectivity index (χ0n) is 4.05. The van der Waals surface area contributed by atoms with Crippen molar-refractivity contribution in [1.82, 2.24) is 0 Å². The number of allylic oxidation sites excluding steroid dienone is 2. The molecule has 7 heavy (non-hydrogen) atoms. The minimum atomic E-state index is 0. The van der Waals surface area contributed by atoms with Crippen molar-refractivity contribution >= 4 is 29.6 Å². The monoisotopic (exact) mass is 101 g/mol. The largest absolute Gasteiger partial charge is 0.193 e. The number of hydrogen-bond acceptors (Lipinski definition) is 2. The van der Waals surface area contributed by atoms with Gasteiger partial charge >= 0.3 is 0 Å². The van der Waals surface area contributed by atoms with Gasteiger partial charge in [0.2, 0.25) is 0 Å². The standard InChI is InChI=1S/C4H2N2.Na/c5-3-1-2-4-6;/h1-2H;. The van der Waals surface area contributed by atoms with Crippen LogP contribution in [0.25, 0.3) is 0 Å². The van der Waals surface area contributed by atoms with Crippen molar-refractivity contribution in [2.75, 3.05) is 0 Å². The third kappa shape index (κ3) is 10.7. The van der Waals surface area contributed by atoms with Crippen LogP contribution in [0.15, 0.2) is 12.2 Å². The smallest absolute Gasteiger partial charge is 0.0919 e.